The van der Waals surface area contributed by atoms with E-state index in [0.717, 1.165) is 31.6 Å². The van der Waals surface area contributed by atoms with E-state index >= 15 is 0 Å². The van der Waals surface area contributed by atoms with Gasteiger partial charge in [-0.05, 0) is 61.9 Å². The fraction of sp³-hybridized carbons (Fsp3) is 0.545. The van der Waals surface area contributed by atoms with Crippen molar-refractivity contribution in [3.05, 3.63) is 42.5 Å². The lowest BCUT2D eigenvalue weighted by atomic mass is 9.85. The first-order chi connectivity index (χ1) is 13.1. The number of hydrogen-bond donors (Lipinski definition) is 0. The zero-order chi connectivity index (χ0) is 19.5. The minimum atomic E-state index is -0.272. The van der Waals surface area contributed by atoms with Gasteiger partial charge in [0, 0.05) is 0 Å². The summed E-state index contributed by atoms with van der Waals surface area (Å²) in [5.74, 6) is 1.01. The van der Waals surface area contributed by atoms with E-state index in [1.165, 1.54) is 18.9 Å². The Balaban J connectivity index is 1.69. The molecule has 0 amide bonds. The standard InChI is InChI=1S/C22H30O5/c1-3-5-17-6-10-21(11-7-17)27-22(24)18-8-12-20(13-9-18)26-15-14-25-16-19(23)4-2/h4,8-9,12-13,17,21H,2-3,5-7,10-11,14-16H2,1H3. The molecular formula is C22H30O5. The van der Waals surface area contributed by atoms with Crippen molar-refractivity contribution in [2.24, 2.45) is 5.92 Å². The van der Waals surface area contributed by atoms with E-state index in [2.05, 4.69) is 13.5 Å². The Morgan fingerprint density at radius 3 is 2.44 bits per heavy atom. The maximum atomic E-state index is 12.3. The summed E-state index contributed by atoms with van der Waals surface area (Å²) in [5, 5.41) is 0. The van der Waals surface area contributed by atoms with Crippen LogP contribution in [-0.2, 0) is 14.3 Å². The molecule has 5 heteroatoms. The van der Waals surface area contributed by atoms with E-state index < -0.39 is 0 Å². The molecule has 0 heterocycles. The van der Waals surface area contributed by atoms with Gasteiger partial charge in [-0.25, -0.2) is 4.79 Å². The second-order valence-corrected chi connectivity index (χ2v) is 6.93. The Morgan fingerprint density at radius 1 is 1.11 bits per heavy atom. The minimum absolute atomic E-state index is 0.0119. The molecule has 1 aliphatic rings. The summed E-state index contributed by atoms with van der Waals surface area (Å²) in [4.78, 5) is 23.3. The average Bonchev–Trinajstić information content (AvgIpc) is 2.69. The molecule has 1 aromatic rings. The summed E-state index contributed by atoms with van der Waals surface area (Å²) >= 11 is 0. The number of ether oxygens (including phenoxy) is 3. The van der Waals surface area contributed by atoms with Gasteiger partial charge in [0.1, 0.15) is 25.1 Å². The third-order valence-corrected chi connectivity index (χ3v) is 4.82. The molecule has 0 saturated heterocycles. The van der Waals surface area contributed by atoms with Crippen LogP contribution in [0.4, 0.5) is 0 Å². The van der Waals surface area contributed by atoms with Crippen LogP contribution in [0.25, 0.3) is 0 Å². The first-order valence-electron chi connectivity index (χ1n) is 9.79. The summed E-state index contributed by atoms with van der Waals surface area (Å²) in [6, 6.07) is 6.90. The predicted octanol–water partition coefficient (Wildman–Crippen LogP) is 4.35. The SMILES string of the molecule is C=CC(=O)COCCOc1ccc(C(=O)OC2CCC(CCC)CC2)cc1. The summed E-state index contributed by atoms with van der Waals surface area (Å²) in [5.41, 5.74) is 0.533. The van der Waals surface area contributed by atoms with Gasteiger partial charge in [0.05, 0.1) is 12.2 Å². The van der Waals surface area contributed by atoms with Gasteiger partial charge >= 0.3 is 5.97 Å². The van der Waals surface area contributed by atoms with Gasteiger partial charge in [0.25, 0.3) is 0 Å². The average molecular weight is 374 g/mol. The van der Waals surface area contributed by atoms with Gasteiger partial charge in [-0.1, -0.05) is 26.3 Å². The van der Waals surface area contributed by atoms with Gasteiger partial charge in [-0.2, -0.15) is 0 Å². The summed E-state index contributed by atoms with van der Waals surface area (Å²) in [7, 11) is 0. The van der Waals surface area contributed by atoms with Gasteiger partial charge in [-0.15, -0.1) is 0 Å². The second kappa shape index (κ2) is 11.5. The van der Waals surface area contributed by atoms with E-state index in [0.29, 0.717) is 24.5 Å². The molecule has 148 valence electrons. The Bertz CT molecular complexity index is 600. The van der Waals surface area contributed by atoms with Crippen molar-refractivity contribution in [3.63, 3.8) is 0 Å². The van der Waals surface area contributed by atoms with Crippen LogP contribution in [-0.4, -0.2) is 37.7 Å². The number of esters is 1. The fourth-order valence-corrected chi connectivity index (χ4v) is 3.30. The fourth-order valence-electron chi connectivity index (χ4n) is 3.30. The molecule has 1 saturated carbocycles. The van der Waals surface area contributed by atoms with Crippen molar-refractivity contribution < 1.29 is 23.8 Å². The monoisotopic (exact) mass is 374 g/mol. The van der Waals surface area contributed by atoms with E-state index in [9.17, 15) is 9.59 Å². The lowest BCUT2D eigenvalue weighted by Gasteiger charge is -2.28. The van der Waals surface area contributed by atoms with Gasteiger partial charge in [-0.3, -0.25) is 4.79 Å². The van der Waals surface area contributed by atoms with Crippen LogP contribution in [0, 0.1) is 5.92 Å². The highest BCUT2D eigenvalue weighted by Crippen LogP contribution is 2.29. The summed E-state index contributed by atoms with van der Waals surface area (Å²) in [6.07, 6.45) is 8.00. The topological polar surface area (TPSA) is 61.8 Å². The second-order valence-electron chi connectivity index (χ2n) is 6.93. The highest BCUT2D eigenvalue weighted by molar-refractivity contribution is 5.90. The molecular weight excluding hydrogens is 344 g/mol. The molecule has 0 radical (unpaired) electrons. The zero-order valence-corrected chi connectivity index (χ0v) is 16.2. The third kappa shape index (κ3) is 7.55. The zero-order valence-electron chi connectivity index (χ0n) is 16.2. The van der Waals surface area contributed by atoms with Crippen molar-refractivity contribution in [1.29, 1.82) is 0 Å². The number of carbonyl (C=O) groups is 2. The number of rotatable bonds is 11. The van der Waals surface area contributed by atoms with E-state index in [1.54, 1.807) is 24.3 Å². The number of benzene rings is 1. The summed E-state index contributed by atoms with van der Waals surface area (Å²) in [6.45, 7) is 6.25. The molecule has 2 rings (SSSR count). The largest absolute Gasteiger partial charge is 0.491 e. The van der Waals surface area contributed by atoms with Gasteiger partial charge < -0.3 is 14.2 Å². The first kappa shape index (κ1) is 21.2. The van der Waals surface area contributed by atoms with Crippen LogP contribution >= 0.6 is 0 Å². The third-order valence-electron chi connectivity index (χ3n) is 4.82. The van der Waals surface area contributed by atoms with Crippen molar-refractivity contribution in [1.82, 2.24) is 0 Å². The Kier molecular flexibility index (Phi) is 9.05. The summed E-state index contributed by atoms with van der Waals surface area (Å²) < 4.78 is 16.3. The molecule has 0 bridgehead atoms. The first-order valence-corrected chi connectivity index (χ1v) is 9.79. The van der Waals surface area contributed by atoms with Crippen LogP contribution in [0.1, 0.15) is 55.8 Å². The van der Waals surface area contributed by atoms with Crippen LogP contribution in [0.3, 0.4) is 0 Å². The maximum absolute atomic E-state index is 12.3. The van der Waals surface area contributed by atoms with Crippen molar-refractivity contribution in [2.75, 3.05) is 19.8 Å². The lowest BCUT2D eigenvalue weighted by Crippen LogP contribution is -2.24. The highest BCUT2D eigenvalue weighted by atomic mass is 16.5. The molecule has 1 aromatic carbocycles. The van der Waals surface area contributed by atoms with Gasteiger partial charge in [0.15, 0.2) is 5.78 Å². The number of ketones is 1. The van der Waals surface area contributed by atoms with Crippen molar-refractivity contribution in [2.45, 2.75) is 51.6 Å². The van der Waals surface area contributed by atoms with E-state index in [1.807, 2.05) is 0 Å². The molecule has 1 fully saturated rings. The van der Waals surface area contributed by atoms with Gasteiger partial charge in [0.2, 0.25) is 0 Å². The Morgan fingerprint density at radius 2 is 1.81 bits per heavy atom. The molecule has 0 aliphatic heterocycles. The number of carbonyl (C=O) groups excluding carboxylic acids is 2. The molecule has 0 spiro atoms. The molecule has 0 aromatic heterocycles. The van der Waals surface area contributed by atoms with Crippen LogP contribution in [0.5, 0.6) is 5.75 Å². The molecule has 0 atom stereocenters. The quantitative estimate of drug-likeness (QED) is 0.327. The van der Waals surface area contributed by atoms with Crippen LogP contribution in [0.2, 0.25) is 0 Å². The van der Waals surface area contributed by atoms with E-state index in [4.69, 9.17) is 14.2 Å². The highest BCUT2D eigenvalue weighted by Gasteiger charge is 2.23. The van der Waals surface area contributed by atoms with Crippen LogP contribution < -0.4 is 4.74 Å². The molecule has 0 N–H and O–H groups in total. The minimum Gasteiger partial charge on any atom is -0.491 e. The molecule has 27 heavy (non-hydrogen) atoms. The molecule has 5 nitrogen and oxygen atoms in total. The Labute approximate surface area is 161 Å². The normalized spacial score (nSPS) is 19.3. The lowest BCUT2D eigenvalue weighted by molar-refractivity contribution is -0.119. The molecule has 0 unspecified atom stereocenters. The Hall–Kier alpha value is -2.14. The van der Waals surface area contributed by atoms with Crippen molar-refractivity contribution >= 4 is 11.8 Å². The number of hydrogen-bond acceptors (Lipinski definition) is 5. The van der Waals surface area contributed by atoms with Crippen LogP contribution in [0.15, 0.2) is 36.9 Å². The van der Waals surface area contributed by atoms with Crippen molar-refractivity contribution in [3.8, 4) is 5.75 Å². The smallest absolute Gasteiger partial charge is 0.338 e. The van der Waals surface area contributed by atoms with E-state index in [-0.39, 0.29) is 24.5 Å². The maximum Gasteiger partial charge on any atom is 0.338 e. The predicted molar refractivity (Wildman–Crippen MR) is 104 cm³/mol. The molecule has 1 aliphatic carbocycles.